The predicted octanol–water partition coefficient (Wildman–Crippen LogP) is 2.37. The molecule has 0 fully saturated rings. The first kappa shape index (κ1) is 10.3. The summed E-state index contributed by atoms with van der Waals surface area (Å²) >= 11 is 1.37. The van der Waals surface area contributed by atoms with E-state index in [4.69, 9.17) is 9.84 Å². The first-order valence-corrected chi connectivity index (χ1v) is 6.04. The summed E-state index contributed by atoms with van der Waals surface area (Å²) in [6, 6.07) is 7.79. The SMILES string of the molecule is O=C(O)c1csc(C2COc3ccccc32)n1. The minimum Gasteiger partial charge on any atom is -0.492 e. The van der Waals surface area contributed by atoms with Gasteiger partial charge >= 0.3 is 5.97 Å². The van der Waals surface area contributed by atoms with Crippen LogP contribution in [0.5, 0.6) is 5.75 Å². The van der Waals surface area contributed by atoms with Crippen molar-refractivity contribution in [2.75, 3.05) is 6.61 Å². The van der Waals surface area contributed by atoms with Crippen molar-refractivity contribution >= 4 is 17.3 Å². The molecule has 1 aromatic heterocycles. The molecule has 1 unspecified atom stereocenters. The topological polar surface area (TPSA) is 59.4 Å². The summed E-state index contributed by atoms with van der Waals surface area (Å²) in [5.74, 6) is -0.0615. The van der Waals surface area contributed by atoms with Gasteiger partial charge in [0.15, 0.2) is 5.69 Å². The monoisotopic (exact) mass is 247 g/mol. The van der Waals surface area contributed by atoms with Crippen molar-refractivity contribution in [3.05, 3.63) is 45.9 Å². The molecule has 0 saturated heterocycles. The molecule has 1 aliphatic rings. The van der Waals surface area contributed by atoms with E-state index in [0.29, 0.717) is 6.61 Å². The molecule has 0 spiro atoms. The van der Waals surface area contributed by atoms with Gasteiger partial charge < -0.3 is 9.84 Å². The lowest BCUT2D eigenvalue weighted by Gasteiger charge is -2.03. The first-order chi connectivity index (χ1) is 8.25. The molecule has 86 valence electrons. The molecule has 4 nitrogen and oxygen atoms in total. The highest BCUT2D eigenvalue weighted by atomic mass is 32.1. The van der Waals surface area contributed by atoms with E-state index in [0.717, 1.165) is 16.3 Å². The summed E-state index contributed by atoms with van der Waals surface area (Å²) in [5.41, 5.74) is 1.19. The number of fused-ring (bicyclic) bond motifs is 1. The summed E-state index contributed by atoms with van der Waals surface area (Å²) in [6.45, 7) is 0.534. The average Bonchev–Trinajstić information content (AvgIpc) is 2.95. The van der Waals surface area contributed by atoms with Gasteiger partial charge in [0.25, 0.3) is 0 Å². The van der Waals surface area contributed by atoms with E-state index in [1.807, 2.05) is 24.3 Å². The van der Waals surface area contributed by atoms with Crippen LogP contribution in [0.25, 0.3) is 0 Å². The van der Waals surface area contributed by atoms with Gasteiger partial charge in [0.2, 0.25) is 0 Å². The number of carboxylic acid groups (broad SMARTS) is 1. The number of hydrogen-bond acceptors (Lipinski definition) is 4. The third kappa shape index (κ3) is 1.68. The van der Waals surface area contributed by atoms with Crippen molar-refractivity contribution in [3.63, 3.8) is 0 Å². The summed E-state index contributed by atoms with van der Waals surface area (Å²) in [6.07, 6.45) is 0. The molecule has 0 aliphatic carbocycles. The van der Waals surface area contributed by atoms with Crippen LogP contribution in [0.1, 0.15) is 27.0 Å². The van der Waals surface area contributed by atoms with E-state index in [1.165, 1.54) is 11.3 Å². The van der Waals surface area contributed by atoms with Crippen LogP contribution in [0.3, 0.4) is 0 Å². The van der Waals surface area contributed by atoms with Crippen molar-refractivity contribution in [1.29, 1.82) is 0 Å². The van der Waals surface area contributed by atoms with Crippen molar-refractivity contribution < 1.29 is 14.6 Å². The zero-order valence-electron chi connectivity index (χ0n) is 8.79. The van der Waals surface area contributed by atoms with Crippen molar-refractivity contribution in [3.8, 4) is 5.75 Å². The summed E-state index contributed by atoms with van der Waals surface area (Å²) < 4.78 is 5.55. The number of carbonyl (C=O) groups is 1. The molecule has 0 amide bonds. The van der Waals surface area contributed by atoms with E-state index >= 15 is 0 Å². The number of aromatic nitrogens is 1. The van der Waals surface area contributed by atoms with Gasteiger partial charge in [-0.1, -0.05) is 18.2 Å². The zero-order chi connectivity index (χ0) is 11.8. The van der Waals surface area contributed by atoms with Crippen LogP contribution in [0, 0.1) is 0 Å². The fourth-order valence-corrected chi connectivity index (χ4v) is 2.81. The largest absolute Gasteiger partial charge is 0.492 e. The van der Waals surface area contributed by atoms with Crippen LogP contribution in [0.15, 0.2) is 29.6 Å². The number of benzene rings is 1. The van der Waals surface area contributed by atoms with Crippen molar-refractivity contribution in [1.82, 2.24) is 4.98 Å². The average molecular weight is 247 g/mol. The Bertz CT molecular complexity index is 579. The molecule has 0 radical (unpaired) electrons. The van der Waals surface area contributed by atoms with Gasteiger partial charge in [-0.3, -0.25) is 0 Å². The Labute approximate surface area is 102 Å². The van der Waals surface area contributed by atoms with Crippen LogP contribution in [0.4, 0.5) is 0 Å². The molecule has 17 heavy (non-hydrogen) atoms. The number of ether oxygens (including phenoxy) is 1. The lowest BCUT2D eigenvalue weighted by molar-refractivity contribution is 0.0691. The van der Waals surface area contributed by atoms with Gasteiger partial charge in [-0.25, -0.2) is 9.78 Å². The van der Waals surface area contributed by atoms with E-state index in [1.54, 1.807) is 5.38 Å². The van der Waals surface area contributed by atoms with E-state index < -0.39 is 5.97 Å². The minimum atomic E-state index is -0.986. The Kier molecular flexibility index (Phi) is 2.33. The highest BCUT2D eigenvalue weighted by Crippen LogP contribution is 2.38. The molecule has 5 heteroatoms. The second kappa shape index (κ2) is 3.85. The Morgan fingerprint density at radius 1 is 1.47 bits per heavy atom. The first-order valence-electron chi connectivity index (χ1n) is 5.16. The molecule has 2 aromatic rings. The molecule has 1 N–H and O–H groups in total. The molecule has 0 bridgehead atoms. The Morgan fingerprint density at radius 3 is 3.06 bits per heavy atom. The maximum Gasteiger partial charge on any atom is 0.355 e. The quantitative estimate of drug-likeness (QED) is 0.885. The predicted molar refractivity (Wildman–Crippen MR) is 62.9 cm³/mol. The second-order valence-electron chi connectivity index (χ2n) is 3.78. The van der Waals surface area contributed by atoms with Crippen LogP contribution in [0.2, 0.25) is 0 Å². The highest BCUT2D eigenvalue weighted by molar-refractivity contribution is 7.10. The Balaban J connectivity index is 1.98. The summed E-state index contributed by atoms with van der Waals surface area (Å²) in [4.78, 5) is 14.9. The fourth-order valence-electron chi connectivity index (χ4n) is 1.91. The zero-order valence-corrected chi connectivity index (χ0v) is 9.61. The molecule has 2 heterocycles. The molecule has 3 rings (SSSR count). The van der Waals surface area contributed by atoms with Crippen molar-refractivity contribution in [2.24, 2.45) is 0 Å². The molecular weight excluding hydrogens is 238 g/mol. The molecule has 1 aromatic carbocycles. The number of nitrogens with zero attached hydrogens (tertiary/aromatic N) is 1. The number of hydrogen-bond donors (Lipinski definition) is 1. The minimum absolute atomic E-state index is 0.0595. The van der Waals surface area contributed by atoms with Gasteiger partial charge in [0.1, 0.15) is 17.4 Å². The number of thiazole rings is 1. The summed E-state index contributed by atoms with van der Waals surface area (Å²) in [7, 11) is 0. The highest BCUT2D eigenvalue weighted by Gasteiger charge is 2.28. The number of rotatable bonds is 2. The van der Waals surface area contributed by atoms with Gasteiger partial charge in [0.05, 0.1) is 5.92 Å². The molecule has 1 atom stereocenters. The van der Waals surface area contributed by atoms with Crippen molar-refractivity contribution in [2.45, 2.75) is 5.92 Å². The summed E-state index contributed by atoms with van der Waals surface area (Å²) in [5, 5.41) is 11.2. The van der Waals surface area contributed by atoms with Gasteiger partial charge in [0, 0.05) is 10.9 Å². The molecular formula is C12H9NO3S. The molecule has 1 aliphatic heterocycles. The standard InChI is InChI=1S/C12H9NO3S/c14-12(15)9-6-17-11(13-9)8-5-16-10-4-2-1-3-7(8)10/h1-4,6,8H,5H2,(H,14,15). The normalized spacial score (nSPS) is 17.5. The maximum atomic E-state index is 10.8. The maximum absolute atomic E-state index is 10.8. The fraction of sp³-hybridized carbons (Fsp3) is 0.167. The van der Waals surface area contributed by atoms with Crippen LogP contribution < -0.4 is 4.74 Å². The lowest BCUT2D eigenvalue weighted by atomic mass is 10.0. The third-order valence-corrected chi connectivity index (χ3v) is 3.70. The second-order valence-corrected chi connectivity index (χ2v) is 4.67. The van der Waals surface area contributed by atoms with E-state index in [2.05, 4.69) is 4.98 Å². The number of aromatic carboxylic acids is 1. The number of carboxylic acids is 1. The van der Waals surface area contributed by atoms with Crippen LogP contribution in [-0.4, -0.2) is 22.7 Å². The molecule has 0 saturated carbocycles. The van der Waals surface area contributed by atoms with Gasteiger partial charge in [-0.05, 0) is 6.07 Å². The third-order valence-electron chi connectivity index (χ3n) is 2.74. The van der Waals surface area contributed by atoms with Gasteiger partial charge in [-0.15, -0.1) is 11.3 Å². The van der Waals surface area contributed by atoms with Crippen LogP contribution in [-0.2, 0) is 0 Å². The lowest BCUT2D eigenvalue weighted by Crippen LogP contribution is -2.03. The Morgan fingerprint density at radius 2 is 2.29 bits per heavy atom. The smallest absolute Gasteiger partial charge is 0.355 e. The Hall–Kier alpha value is -1.88. The van der Waals surface area contributed by atoms with E-state index in [9.17, 15) is 4.79 Å². The van der Waals surface area contributed by atoms with E-state index in [-0.39, 0.29) is 11.6 Å². The number of para-hydroxylation sites is 1. The van der Waals surface area contributed by atoms with Gasteiger partial charge in [-0.2, -0.15) is 0 Å². The van der Waals surface area contributed by atoms with Crippen LogP contribution >= 0.6 is 11.3 Å².